The van der Waals surface area contributed by atoms with Crippen LogP contribution in [0.2, 0.25) is 0 Å². The summed E-state index contributed by atoms with van der Waals surface area (Å²) in [5.74, 6) is 0.349. The smallest absolute Gasteiger partial charge is 0.246 e. The van der Waals surface area contributed by atoms with Crippen molar-refractivity contribution in [2.45, 2.75) is 12.5 Å². The third-order valence-corrected chi connectivity index (χ3v) is 2.53. The molecule has 0 aliphatic carbocycles. The summed E-state index contributed by atoms with van der Waals surface area (Å²) in [7, 11) is 0. The van der Waals surface area contributed by atoms with Gasteiger partial charge in [0.15, 0.2) is 0 Å². The van der Waals surface area contributed by atoms with Crippen LogP contribution < -0.4 is 11.1 Å². The average molecular weight is 236 g/mol. The molecule has 1 amide bonds. The van der Waals surface area contributed by atoms with Gasteiger partial charge >= 0.3 is 0 Å². The number of carbonyl (C=O) groups excluding carboxylic acids is 1. The van der Waals surface area contributed by atoms with Crippen LogP contribution in [0, 0.1) is 0 Å². The van der Waals surface area contributed by atoms with E-state index in [-0.39, 0.29) is 19.1 Å². The number of nitrogens with two attached hydrogens (primary N) is 1. The molecule has 0 aliphatic rings. The number of hydrogen-bond acceptors (Lipinski definition) is 5. The first kappa shape index (κ1) is 14.7. The summed E-state index contributed by atoms with van der Waals surface area (Å²) in [6, 6.07) is 0. The summed E-state index contributed by atoms with van der Waals surface area (Å²) in [6.45, 7) is 2.68. The molecule has 0 rings (SSSR count). The first-order valence-electron chi connectivity index (χ1n) is 4.77. The van der Waals surface area contributed by atoms with Gasteiger partial charge in [-0.3, -0.25) is 4.79 Å². The van der Waals surface area contributed by atoms with Crippen LogP contribution in [0.25, 0.3) is 0 Å². The minimum atomic E-state index is -0.872. The zero-order chi connectivity index (χ0) is 11.7. The molecule has 0 aliphatic heterocycles. The number of thioether (sulfide) groups is 1. The summed E-state index contributed by atoms with van der Waals surface area (Å²) in [4.78, 5) is 11.2. The van der Waals surface area contributed by atoms with Gasteiger partial charge in [-0.2, -0.15) is 11.8 Å². The van der Waals surface area contributed by atoms with Crippen LogP contribution in [0.1, 0.15) is 6.92 Å². The van der Waals surface area contributed by atoms with E-state index in [0.717, 1.165) is 0 Å². The largest absolute Gasteiger partial charge is 0.387 e. The van der Waals surface area contributed by atoms with Gasteiger partial charge in [0.25, 0.3) is 0 Å². The zero-order valence-electron chi connectivity index (χ0n) is 9.28. The molecule has 0 aromatic heterocycles. The van der Waals surface area contributed by atoms with Crippen LogP contribution in [-0.4, -0.2) is 54.9 Å². The molecule has 0 aromatic carbocycles. The Balaban J connectivity index is 3.60. The van der Waals surface area contributed by atoms with Crippen molar-refractivity contribution in [2.24, 2.45) is 5.73 Å². The van der Waals surface area contributed by atoms with Crippen molar-refractivity contribution in [3.8, 4) is 0 Å². The number of carbonyl (C=O) groups is 1. The number of aliphatic hydroxyl groups is 1. The van der Waals surface area contributed by atoms with Crippen molar-refractivity contribution in [2.75, 3.05) is 38.3 Å². The van der Waals surface area contributed by atoms with Gasteiger partial charge in [-0.05, 0) is 13.2 Å². The SMILES string of the molecule is CSCC(C)(O)CNC(=O)COCCN. The Morgan fingerprint density at radius 3 is 2.87 bits per heavy atom. The van der Waals surface area contributed by atoms with E-state index < -0.39 is 5.60 Å². The molecule has 5 nitrogen and oxygen atoms in total. The van der Waals surface area contributed by atoms with Gasteiger partial charge in [0.1, 0.15) is 6.61 Å². The first-order chi connectivity index (χ1) is 7.02. The highest BCUT2D eigenvalue weighted by atomic mass is 32.2. The molecule has 90 valence electrons. The molecular weight excluding hydrogens is 216 g/mol. The molecule has 0 radical (unpaired) electrons. The number of ether oxygens (including phenoxy) is 1. The molecule has 6 heteroatoms. The molecule has 1 atom stereocenters. The Kier molecular flexibility index (Phi) is 7.76. The second kappa shape index (κ2) is 7.92. The highest BCUT2D eigenvalue weighted by Crippen LogP contribution is 2.08. The van der Waals surface area contributed by atoms with Gasteiger partial charge in [0.2, 0.25) is 5.91 Å². The fourth-order valence-corrected chi connectivity index (χ4v) is 1.67. The number of amides is 1. The van der Waals surface area contributed by atoms with Crippen LogP contribution in [0.4, 0.5) is 0 Å². The molecule has 0 aromatic rings. The summed E-state index contributed by atoms with van der Waals surface area (Å²) < 4.78 is 4.95. The van der Waals surface area contributed by atoms with Gasteiger partial charge < -0.3 is 20.9 Å². The number of nitrogens with one attached hydrogen (secondary N) is 1. The fraction of sp³-hybridized carbons (Fsp3) is 0.889. The van der Waals surface area contributed by atoms with Crippen LogP contribution >= 0.6 is 11.8 Å². The monoisotopic (exact) mass is 236 g/mol. The lowest BCUT2D eigenvalue weighted by Gasteiger charge is -2.22. The predicted octanol–water partition coefficient (Wildman–Crippen LogP) is -0.808. The molecular formula is C9H20N2O3S. The van der Waals surface area contributed by atoms with Gasteiger partial charge in [-0.25, -0.2) is 0 Å². The second-order valence-corrected chi connectivity index (χ2v) is 4.41. The summed E-state index contributed by atoms with van der Waals surface area (Å²) in [5.41, 5.74) is 4.33. The maximum absolute atomic E-state index is 11.2. The minimum Gasteiger partial charge on any atom is -0.387 e. The summed E-state index contributed by atoms with van der Waals surface area (Å²) >= 11 is 1.53. The summed E-state index contributed by atoms with van der Waals surface area (Å²) in [6.07, 6.45) is 1.90. The van der Waals surface area contributed by atoms with Gasteiger partial charge in [-0.15, -0.1) is 0 Å². The Labute approximate surface area is 94.7 Å². The highest BCUT2D eigenvalue weighted by Gasteiger charge is 2.20. The molecule has 4 N–H and O–H groups in total. The molecule has 0 heterocycles. The minimum absolute atomic E-state index is 0.00739. The van der Waals surface area contributed by atoms with Crippen molar-refractivity contribution < 1.29 is 14.6 Å². The lowest BCUT2D eigenvalue weighted by Crippen LogP contribution is -2.43. The van der Waals surface area contributed by atoms with E-state index in [1.807, 2.05) is 6.26 Å². The molecule has 0 fully saturated rings. The fourth-order valence-electron chi connectivity index (χ4n) is 0.950. The lowest BCUT2D eigenvalue weighted by molar-refractivity contribution is -0.126. The molecule has 0 saturated heterocycles. The third-order valence-electron chi connectivity index (χ3n) is 1.62. The Hall–Kier alpha value is -0.300. The molecule has 1 unspecified atom stereocenters. The average Bonchev–Trinajstić information content (AvgIpc) is 2.15. The van der Waals surface area contributed by atoms with Crippen molar-refractivity contribution >= 4 is 17.7 Å². The molecule has 15 heavy (non-hydrogen) atoms. The van der Waals surface area contributed by atoms with E-state index in [2.05, 4.69) is 5.32 Å². The quantitative estimate of drug-likeness (QED) is 0.480. The van der Waals surface area contributed by atoms with E-state index in [1.165, 1.54) is 11.8 Å². The number of hydrogen-bond donors (Lipinski definition) is 3. The van der Waals surface area contributed by atoms with Crippen LogP contribution in [0.3, 0.4) is 0 Å². The second-order valence-electron chi connectivity index (χ2n) is 3.55. The maximum Gasteiger partial charge on any atom is 0.246 e. The highest BCUT2D eigenvalue weighted by molar-refractivity contribution is 7.98. The first-order valence-corrected chi connectivity index (χ1v) is 6.17. The third kappa shape index (κ3) is 8.68. The topological polar surface area (TPSA) is 84.6 Å². The van der Waals surface area contributed by atoms with Crippen LogP contribution in [0.15, 0.2) is 0 Å². The maximum atomic E-state index is 11.2. The van der Waals surface area contributed by atoms with E-state index in [4.69, 9.17) is 10.5 Å². The van der Waals surface area contributed by atoms with Crippen molar-refractivity contribution in [3.63, 3.8) is 0 Å². The molecule has 0 saturated carbocycles. The standard InChI is InChI=1S/C9H20N2O3S/c1-9(13,7-15-2)6-11-8(12)5-14-4-3-10/h13H,3-7,10H2,1-2H3,(H,11,12). The predicted molar refractivity (Wildman–Crippen MR) is 61.9 cm³/mol. The Morgan fingerprint density at radius 1 is 1.67 bits per heavy atom. The van der Waals surface area contributed by atoms with Gasteiger partial charge in [0.05, 0.1) is 12.2 Å². The van der Waals surface area contributed by atoms with E-state index >= 15 is 0 Å². The normalized spacial score (nSPS) is 14.7. The van der Waals surface area contributed by atoms with E-state index in [9.17, 15) is 9.90 Å². The number of rotatable bonds is 8. The van der Waals surface area contributed by atoms with E-state index in [0.29, 0.717) is 18.9 Å². The van der Waals surface area contributed by atoms with Crippen molar-refractivity contribution in [3.05, 3.63) is 0 Å². The van der Waals surface area contributed by atoms with Crippen LogP contribution in [-0.2, 0) is 9.53 Å². The van der Waals surface area contributed by atoms with Gasteiger partial charge in [-0.1, -0.05) is 0 Å². The summed E-state index contributed by atoms with van der Waals surface area (Å²) in [5, 5.41) is 12.3. The van der Waals surface area contributed by atoms with Crippen molar-refractivity contribution in [1.82, 2.24) is 5.32 Å². The van der Waals surface area contributed by atoms with E-state index in [1.54, 1.807) is 6.92 Å². The zero-order valence-corrected chi connectivity index (χ0v) is 10.1. The molecule has 0 bridgehead atoms. The van der Waals surface area contributed by atoms with Gasteiger partial charge in [0, 0.05) is 18.8 Å². The van der Waals surface area contributed by atoms with Crippen LogP contribution in [0.5, 0.6) is 0 Å². The lowest BCUT2D eigenvalue weighted by atomic mass is 10.1. The van der Waals surface area contributed by atoms with Crippen molar-refractivity contribution in [1.29, 1.82) is 0 Å². The Morgan fingerprint density at radius 2 is 2.33 bits per heavy atom. The molecule has 0 spiro atoms. The Bertz CT molecular complexity index is 188.